The second-order valence-corrected chi connectivity index (χ2v) is 6.14. The van der Waals surface area contributed by atoms with Crippen LogP contribution in [0.3, 0.4) is 0 Å². The quantitative estimate of drug-likeness (QED) is 0.802. The largest absolute Gasteiger partial charge is 0.378 e. The number of nitrogens with zero attached hydrogens (tertiary/aromatic N) is 1. The molecule has 1 heterocycles. The maximum Gasteiger partial charge on any atom is 0.241 e. The fourth-order valence-electron chi connectivity index (χ4n) is 3.23. The van der Waals surface area contributed by atoms with Gasteiger partial charge in [-0.05, 0) is 32.1 Å². The topological polar surface area (TPSA) is 41.6 Å². The van der Waals surface area contributed by atoms with Crippen molar-refractivity contribution in [1.29, 1.82) is 0 Å². The van der Waals surface area contributed by atoms with Crippen LogP contribution in [-0.4, -0.2) is 41.8 Å². The second kappa shape index (κ2) is 6.23. The number of carbonyl (C=O) groups is 1. The van der Waals surface area contributed by atoms with E-state index in [4.69, 9.17) is 4.74 Å². The lowest BCUT2D eigenvalue weighted by atomic mass is 9.86. The summed E-state index contributed by atoms with van der Waals surface area (Å²) >= 11 is 0. The van der Waals surface area contributed by atoms with Crippen molar-refractivity contribution in [3.05, 3.63) is 0 Å². The normalized spacial score (nSPS) is 35.0. The third kappa shape index (κ3) is 2.95. The molecule has 1 N–H and O–H groups in total. The van der Waals surface area contributed by atoms with E-state index < -0.39 is 0 Å². The first-order valence-corrected chi connectivity index (χ1v) is 7.78. The van der Waals surface area contributed by atoms with Crippen LogP contribution in [0, 0.1) is 5.92 Å². The zero-order valence-electron chi connectivity index (χ0n) is 12.7. The molecule has 0 aromatic heterocycles. The number of hydrogen-bond acceptors (Lipinski definition) is 3. The summed E-state index contributed by atoms with van der Waals surface area (Å²) in [6, 6.07) is 0.411. The highest BCUT2D eigenvalue weighted by Crippen LogP contribution is 2.34. The number of nitrogens with one attached hydrogen (secondary N) is 1. The molecule has 2 unspecified atom stereocenters. The van der Waals surface area contributed by atoms with Crippen LogP contribution in [0.15, 0.2) is 0 Å². The lowest BCUT2D eigenvalue weighted by Crippen LogP contribution is -2.54. The van der Waals surface area contributed by atoms with Crippen LogP contribution in [0.5, 0.6) is 0 Å². The van der Waals surface area contributed by atoms with Crippen LogP contribution < -0.4 is 5.32 Å². The summed E-state index contributed by atoms with van der Waals surface area (Å²) in [7, 11) is 0. The molecule has 4 nitrogen and oxygen atoms in total. The molecule has 4 heteroatoms. The van der Waals surface area contributed by atoms with E-state index in [2.05, 4.69) is 31.0 Å². The maximum atomic E-state index is 12.5. The summed E-state index contributed by atoms with van der Waals surface area (Å²) < 4.78 is 5.61. The minimum absolute atomic E-state index is 0.0311. The molecule has 0 spiro atoms. The van der Waals surface area contributed by atoms with Crippen LogP contribution in [0.25, 0.3) is 0 Å². The molecular weight excluding hydrogens is 240 g/mol. The third-order valence-corrected chi connectivity index (χ3v) is 4.30. The Labute approximate surface area is 116 Å². The van der Waals surface area contributed by atoms with E-state index in [1.807, 2.05) is 6.92 Å². The van der Waals surface area contributed by atoms with E-state index >= 15 is 0 Å². The van der Waals surface area contributed by atoms with Crippen molar-refractivity contribution in [2.24, 2.45) is 5.92 Å². The Balaban J connectivity index is 1.98. The van der Waals surface area contributed by atoms with Gasteiger partial charge in [-0.2, -0.15) is 0 Å². The summed E-state index contributed by atoms with van der Waals surface area (Å²) in [5, 5.41) is 3.52. The van der Waals surface area contributed by atoms with Crippen molar-refractivity contribution in [3.63, 3.8) is 0 Å². The molecule has 1 aliphatic carbocycles. The van der Waals surface area contributed by atoms with Crippen LogP contribution in [0.1, 0.15) is 53.4 Å². The molecule has 0 radical (unpaired) electrons. The fourth-order valence-corrected chi connectivity index (χ4v) is 3.23. The van der Waals surface area contributed by atoms with E-state index in [1.165, 1.54) is 0 Å². The standard InChI is InChI=1S/C15H28N2O2/c1-5-7-13-15(18)17(14(16-13)10(3)4)11-8-12(9-11)19-6-2/h10-14,16H,5-9H2,1-4H3. The Bertz CT molecular complexity index is 313. The zero-order valence-corrected chi connectivity index (χ0v) is 12.7. The van der Waals surface area contributed by atoms with Crippen LogP contribution in [0.4, 0.5) is 0 Å². The highest BCUT2D eigenvalue weighted by molar-refractivity contribution is 5.84. The van der Waals surface area contributed by atoms with Gasteiger partial charge in [0.25, 0.3) is 0 Å². The smallest absolute Gasteiger partial charge is 0.241 e. The molecule has 2 rings (SSSR count). The predicted molar refractivity (Wildman–Crippen MR) is 75.7 cm³/mol. The number of amides is 1. The Kier molecular flexibility index (Phi) is 4.85. The Morgan fingerprint density at radius 3 is 2.58 bits per heavy atom. The van der Waals surface area contributed by atoms with Crippen molar-refractivity contribution in [1.82, 2.24) is 10.2 Å². The molecule has 2 fully saturated rings. The SMILES string of the molecule is CCCC1NC(C(C)C)N(C2CC(OCC)C2)C1=O. The second-order valence-electron chi connectivity index (χ2n) is 6.14. The first kappa shape index (κ1) is 14.8. The highest BCUT2D eigenvalue weighted by atomic mass is 16.5. The first-order chi connectivity index (χ1) is 9.08. The van der Waals surface area contributed by atoms with Crippen LogP contribution in [0.2, 0.25) is 0 Å². The van der Waals surface area contributed by atoms with Crippen molar-refractivity contribution in [2.45, 2.75) is 77.7 Å². The molecule has 2 aliphatic rings. The number of ether oxygens (including phenoxy) is 1. The van der Waals surface area contributed by atoms with Gasteiger partial charge in [0, 0.05) is 12.6 Å². The Hall–Kier alpha value is -0.610. The van der Waals surface area contributed by atoms with E-state index in [-0.39, 0.29) is 12.2 Å². The molecule has 0 aromatic carbocycles. The van der Waals surface area contributed by atoms with Gasteiger partial charge in [0.1, 0.15) is 0 Å². The van der Waals surface area contributed by atoms with Gasteiger partial charge in [-0.1, -0.05) is 27.2 Å². The molecule has 19 heavy (non-hydrogen) atoms. The predicted octanol–water partition coefficient (Wildman–Crippen LogP) is 2.14. The lowest BCUT2D eigenvalue weighted by molar-refractivity contribution is -0.139. The van der Waals surface area contributed by atoms with Gasteiger partial charge < -0.3 is 9.64 Å². The van der Waals surface area contributed by atoms with Crippen molar-refractivity contribution >= 4 is 5.91 Å². The van der Waals surface area contributed by atoms with Gasteiger partial charge in [0.2, 0.25) is 5.91 Å². The van der Waals surface area contributed by atoms with Crippen molar-refractivity contribution in [3.8, 4) is 0 Å². The highest BCUT2D eigenvalue weighted by Gasteiger charge is 2.47. The number of hydrogen-bond donors (Lipinski definition) is 1. The molecule has 1 aliphatic heterocycles. The molecule has 0 bridgehead atoms. The third-order valence-electron chi connectivity index (χ3n) is 4.30. The van der Waals surface area contributed by atoms with Gasteiger partial charge in [0.15, 0.2) is 0 Å². The number of carbonyl (C=O) groups excluding carboxylic acids is 1. The molecule has 1 saturated heterocycles. The van der Waals surface area contributed by atoms with Crippen LogP contribution in [-0.2, 0) is 9.53 Å². The fraction of sp³-hybridized carbons (Fsp3) is 0.933. The summed E-state index contributed by atoms with van der Waals surface area (Å²) in [4.78, 5) is 14.6. The molecule has 2 atom stereocenters. The minimum Gasteiger partial charge on any atom is -0.378 e. The van der Waals surface area contributed by atoms with Crippen molar-refractivity contribution < 1.29 is 9.53 Å². The maximum absolute atomic E-state index is 12.5. The van der Waals surface area contributed by atoms with Gasteiger partial charge in [0.05, 0.1) is 18.3 Å². The molecular formula is C15H28N2O2. The van der Waals surface area contributed by atoms with E-state index in [0.29, 0.717) is 24.0 Å². The average Bonchev–Trinajstić information content (AvgIpc) is 2.62. The van der Waals surface area contributed by atoms with Crippen LogP contribution >= 0.6 is 0 Å². The zero-order chi connectivity index (χ0) is 14.0. The first-order valence-electron chi connectivity index (χ1n) is 7.78. The van der Waals surface area contributed by atoms with Crippen molar-refractivity contribution in [2.75, 3.05) is 6.61 Å². The van der Waals surface area contributed by atoms with E-state index in [0.717, 1.165) is 32.3 Å². The average molecular weight is 268 g/mol. The summed E-state index contributed by atoms with van der Waals surface area (Å²) in [6.07, 6.45) is 4.57. The lowest BCUT2D eigenvalue weighted by Gasteiger charge is -2.44. The monoisotopic (exact) mass is 268 g/mol. The molecule has 110 valence electrons. The van der Waals surface area contributed by atoms with Gasteiger partial charge in [-0.15, -0.1) is 0 Å². The molecule has 0 aromatic rings. The Morgan fingerprint density at radius 1 is 1.37 bits per heavy atom. The Morgan fingerprint density at radius 2 is 2.05 bits per heavy atom. The summed E-state index contributed by atoms with van der Waals surface area (Å²) in [5.74, 6) is 0.762. The number of rotatable bonds is 6. The van der Waals surface area contributed by atoms with E-state index in [9.17, 15) is 4.79 Å². The molecule has 1 saturated carbocycles. The minimum atomic E-state index is 0.0311. The summed E-state index contributed by atoms with van der Waals surface area (Å²) in [5.41, 5.74) is 0. The van der Waals surface area contributed by atoms with Gasteiger partial charge in [-0.3, -0.25) is 10.1 Å². The van der Waals surface area contributed by atoms with Gasteiger partial charge >= 0.3 is 0 Å². The summed E-state index contributed by atoms with van der Waals surface area (Å²) in [6.45, 7) is 9.31. The van der Waals surface area contributed by atoms with Gasteiger partial charge in [-0.25, -0.2) is 0 Å². The molecule has 1 amide bonds. The van der Waals surface area contributed by atoms with E-state index in [1.54, 1.807) is 0 Å².